The van der Waals surface area contributed by atoms with Crippen LogP contribution >= 0.6 is 23.2 Å². The molecule has 212 valence electrons. The molecule has 3 aromatic carbocycles. The van der Waals surface area contributed by atoms with Crippen LogP contribution in [0.3, 0.4) is 0 Å². The third kappa shape index (κ3) is 7.16. The van der Waals surface area contributed by atoms with Crippen molar-refractivity contribution in [2.75, 3.05) is 10.8 Å². The summed E-state index contributed by atoms with van der Waals surface area (Å²) in [6, 6.07) is 19.2. The summed E-state index contributed by atoms with van der Waals surface area (Å²) in [5, 5.41) is 3.75. The summed E-state index contributed by atoms with van der Waals surface area (Å²) in [5.74, 6) is -0.811. The molecule has 2 amide bonds. The summed E-state index contributed by atoms with van der Waals surface area (Å²) in [4.78, 5) is 28.8. The summed E-state index contributed by atoms with van der Waals surface area (Å²) < 4.78 is 28.7. The number of aryl methyl sites for hydroxylation is 1. The molecule has 1 atom stereocenters. The highest BCUT2D eigenvalue weighted by atomic mass is 35.5. The number of halogens is 2. The van der Waals surface area contributed by atoms with Gasteiger partial charge in [0.05, 0.1) is 20.6 Å². The SMILES string of the molecule is Cc1cccc(N(CC(=O)N(Cc2ccc(Cl)c(Cl)c2)C(C)C(=O)NC2CCCC2)S(=O)(=O)c2ccccc2)c1. The minimum atomic E-state index is -4.10. The van der Waals surface area contributed by atoms with Crippen LogP contribution in [0.25, 0.3) is 0 Å². The van der Waals surface area contributed by atoms with Crippen LogP contribution in [-0.4, -0.2) is 43.8 Å². The Kier molecular flexibility index (Phi) is 9.77. The molecule has 0 radical (unpaired) electrons. The van der Waals surface area contributed by atoms with Gasteiger partial charge in [-0.15, -0.1) is 0 Å². The van der Waals surface area contributed by atoms with Gasteiger partial charge in [-0.05, 0) is 74.2 Å². The standard InChI is InChI=1S/C30H33Cl2N3O4S/c1-21-9-8-12-25(17-21)35(40(38,39)26-13-4-3-5-14-26)20-29(36)34(19-23-15-16-27(31)28(32)18-23)22(2)30(37)33-24-10-6-7-11-24/h3-5,8-9,12-18,22,24H,6-7,10-11,19-20H2,1-2H3,(H,33,37). The number of carbonyl (C=O) groups excluding carboxylic acids is 2. The normalized spacial score (nSPS) is 14.5. The number of hydrogen-bond acceptors (Lipinski definition) is 4. The van der Waals surface area contributed by atoms with Crippen molar-refractivity contribution in [3.63, 3.8) is 0 Å². The summed E-state index contributed by atoms with van der Waals surface area (Å²) in [7, 11) is -4.10. The van der Waals surface area contributed by atoms with E-state index in [1.165, 1.54) is 17.0 Å². The van der Waals surface area contributed by atoms with Gasteiger partial charge in [0.1, 0.15) is 12.6 Å². The number of nitrogens with zero attached hydrogens (tertiary/aromatic N) is 2. The predicted molar refractivity (Wildman–Crippen MR) is 159 cm³/mol. The first-order chi connectivity index (χ1) is 19.1. The molecule has 1 aliphatic rings. The maximum absolute atomic E-state index is 14.0. The van der Waals surface area contributed by atoms with E-state index < -0.39 is 28.5 Å². The van der Waals surface area contributed by atoms with Crippen molar-refractivity contribution in [2.45, 2.75) is 63.1 Å². The Balaban J connectivity index is 1.69. The lowest BCUT2D eigenvalue weighted by atomic mass is 10.1. The third-order valence-electron chi connectivity index (χ3n) is 7.11. The van der Waals surface area contributed by atoms with E-state index in [1.807, 2.05) is 13.0 Å². The van der Waals surface area contributed by atoms with Crippen molar-refractivity contribution in [1.29, 1.82) is 0 Å². The first-order valence-corrected chi connectivity index (χ1v) is 15.4. The average Bonchev–Trinajstić information content (AvgIpc) is 3.45. The molecule has 1 unspecified atom stereocenters. The molecule has 10 heteroatoms. The molecule has 7 nitrogen and oxygen atoms in total. The quantitative estimate of drug-likeness (QED) is 0.310. The van der Waals surface area contributed by atoms with Gasteiger partial charge in [-0.2, -0.15) is 0 Å². The van der Waals surface area contributed by atoms with Gasteiger partial charge in [-0.1, -0.05) is 72.4 Å². The van der Waals surface area contributed by atoms with Crippen molar-refractivity contribution in [3.05, 3.63) is 94.0 Å². The van der Waals surface area contributed by atoms with E-state index in [-0.39, 0.29) is 23.4 Å². The molecule has 0 spiro atoms. The number of rotatable bonds is 10. The zero-order valence-electron chi connectivity index (χ0n) is 22.5. The summed E-state index contributed by atoms with van der Waals surface area (Å²) in [6.45, 7) is 3.05. The van der Waals surface area contributed by atoms with E-state index in [0.717, 1.165) is 35.6 Å². The van der Waals surface area contributed by atoms with Gasteiger partial charge in [0.15, 0.2) is 0 Å². The van der Waals surface area contributed by atoms with E-state index in [0.29, 0.717) is 21.3 Å². The molecule has 0 aliphatic heterocycles. The van der Waals surface area contributed by atoms with E-state index in [9.17, 15) is 18.0 Å². The molecule has 1 fully saturated rings. The largest absolute Gasteiger partial charge is 0.352 e. The summed E-state index contributed by atoms with van der Waals surface area (Å²) in [6.07, 6.45) is 3.90. The molecule has 1 aliphatic carbocycles. The van der Waals surface area contributed by atoms with Crippen molar-refractivity contribution >= 4 is 50.7 Å². The minimum Gasteiger partial charge on any atom is -0.352 e. The van der Waals surface area contributed by atoms with Crippen LogP contribution in [-0.2, 0) is 26.2 Å². The molecular weight excluding hydrogens is 569 g/mol. The number of carbonyl (C=O) groups is 2. The number of benzene rings is 3. The van der Waals surface area contributed by atoms with Gasteiger partial charge in [-0.3, -0.25) is 13.9 Å². The number of hydrogen-bond donors (Lipinski definition) is 1. The van der Waals surface area contributed by atoms with Crippen LogP contribution in [0.1, 0.15) is 43.7 Å². The average molecular weight is 603 g/mol. The predicted octanol–water partition coefficient (Wildman–Crippen LogP) is 5.97. The first kappa shape index (κ1) is 29.9. The Labute approximate surface area is 246 Å². The van der Waals surface area contributed by atoms with E-state index >= 15 is 0 Å². The van der Waals surface area contributed by atoms with Crippen LogP contribution in [0, 0.1) is 6.92 Å². The highest BCUT2D eigenvalue weighted by Crippen LogP contribution is 2.27. The Morgan fingerprint density at radius 2 is 1.65 bits per heavy atom. The van der Waals surface area contributed by atoms with Gasteiger partial charge in [0.25, 0.3) is 10.0 Å². The van der Waals surface area contributed by atoms with Crippen molar-refractivity contribution in [2.24, 2.45) is 0 Å². The van der Waals surface area contributed by atoms with Crippen molar-refractivity contribution in [3.8, 4) is 0 Å². The van der Waals surface area contributed by atoms with E-state index in [2.05, 4.69) is 5.32 Å². The molecule has 0 aromatic heterocycles. The monoisotopic (exact) mass is 601 g/mol. The fourth-order valence-electron chi connectivity index (χ4n) is 4.84. The highest BCUT2D eigenvalue weighted by Gasteiger charge is 2.33. The fourth-order valence-corrected chi connectivity index (χ4v) is 6.59. The first-order valence-electron chi connectivity index (χ1n) is 13.2. The van der Waals surface area contributed by atoms with Gasteiger partial charge < -0.3 is 10.2 Å². The third-order valence-corrected chi connectivity index (χ3v) is 9.63. The van der Waals surface area contributed by atoms with E-state index in [4.69, 9.17) is 23.2 Å². The Hall–Kier alpha value is -3.07. The van der Waals surface area contributed by atoms with Gasteiger partial charge in [0, 0.05) is 12.6 Å². The number of sulfonamides is 1. The molecule has 1 saturated carbocycles. The van der Waals surface area contributed by atoms with Gasteiger partial charge in [-0.25, -0.2) is 8.42 Å². The number of nitrogens with one attached hydrogen (secondary N) is 1. The second kappa shape index (κ2) is 13.1. The highest BCUT2D eigenvalue weighted by molar-refractivity contribution is 7.92. The van der Waals surface area contributed by atoms with Crippen LogP contribution in [0.5, 0.6) is 0 Å². The van der Waals surface area contributed by atoms with Crippen molar-refractivity contribution < 1.29 is 18.0 Å². The molecule has 40 heavy (non-hydrogen) atoms. The number of amides is 2. The maximum atomic E-state index is 14.0. The Bertz CT molecular complexity index is 1460. The fraction of sp³-hybridized carbons (Fsp3) is 0.333. The second-order valence-corrected chi connectivity index (χ2v) is 12.8. The molecule has 4 rings (SSSR count). The molecular formula is C30H33Cl2N3O4S. The van der Waals surface area contributed by atoms with Gasteiger partial charge >= 0.3 is 0 Å². The lowest BCUT2D eigenvalue weighted by molar-refractivity contribution is -0.139. The molecule has 3 aromatic rings. The Morgan fingerprint density at radius 1 is 0.950 bits per heavy atom. The Morgan fingerprint density at radius 3 is 2.30 bits per heavy atom. The lowest BCUT2D eigenvalue weighted by Crippen LogP contribution is -2.52. The zero-order chi connectivity index (χ0) is 28.9. The van der Waals surface area contributed by atoms with Crippen LogP contribution < -0.4 is 9.62 Å². The molecule has 1 N–H and O–H groups in total. The topological polar surface area (TPSA) is 86.8 Å². The van der Waals surface area contributed by atoms with E-state index in [1.54, 1.807) is 61.5 Å². The van der Waals surface area contributed by atoms with Crippen LogP contribution in [0.15, 0.2) is 77.7 Å². The molecule has 0 heterocycles. The molecule has 0 saturated heterocycles. The lowest BCUT2D eigenvalue weighted by Gasteiger charge is -2.32. The number of anilines is 1. The summed E-state index contributed by atoms with van der Waals surface area (Å²) >= 11 is 12.3. The minimum absolute atomic E-state index is 0.0437. The van der Waals surface area contributed by atoms with Crippen LogP contribution in [0.4, 0.5) is 5.69 Å². The second-order valence-electron chi connectivity index (χ2n) is 10.1. The molecule has 0 bridgehead atoms. The smallest absolute Gasteiger partial charge is 0.264 e. The van der Waals surface area contributed by atoms with Gasteiger partial charge in [0.2, 0.25) is 11.8 Å². The maximum Gasteiger partial charge on any atom is 0.264 e. The summed E-state index contributed by atoms with van der Waals surface area (Å²) in [5.41, 5.74) is 1.86. The zero-order valence-corrected chi connectivity index (χ0v) is 24.8. The van der Waals surface area contributed by atoms with Crippen molar-refractivity contribution in [1.82, 2.24) is 10.2 Å². The van der Waals surface area contributed by atoms with Crippen LogP contribution in [0.2, 0.25) is 10.0 Å².